The van der Waals surface area contributed by atoms with Crippen molar-refractivity contribution in [2.24, 2.45) is 0 Å². The fraction of sp³-hybridized carbons (Fsp3) is 0.208. The van der Waals surface area contributed by atoms with Crippen LogP contribution in [0.5, 0.6) is 5.75 Å². The summed E-state index contributed by atoms with van der Waals surface area (Å²) >= 11 is 0. The molecule has 4 rings (SSSR count). The average molecular weight is 431 g/mol. The van der Waals surface area contributed by atoms with Gasteiger partial charge in [0, 0.05) is 17.9 Å². The largest absolute Gasteiger partial charge is 0.497 e. The second-order valence-corrected chi connectivity index (χ2v) is 7.62. The van der Waals surface area contributed by atoms with E-state index in [1.54, 1.807) is 25.4 Å². The van der Waals surface area contributed by atoms with Gasteiger partial charge in [0.1, 0.15) is 5.75 Å². The van der Waals surface area contributed by atoms with Crippen molar-refractivity contribution >= 4 is 17.4 Å². The number of rotatable bonds is 7. The summed E-state index contributed by atoms with van der Waals surface area (Å²) in [4.78, 5) is 24.9. The zero-order chi connectivity index (χ0) is 22.5. The first-order valence-corrected chi connectivity index (χ1v) is 10.4. The van der Waals surface area contributed by atoms with Crippen LogP contribution in [0.2, 0.25) is 0 Å². The van der Waals surface area contributed by atoms with E-state index < -0.39 is 0 Å². The van der Waals surface area contributed by atoms with Gasteiger partial charge >= 0.3 is 11.7 Å². The zero-order valence-electron chi connectivity index (χ0n) is 18.0. The van der Waals surface area contributed by atoms with E-state index in [4.69, 9.17) is 4.74 Å². The molecule has 2 aromatic carbocycles. The first kappa shape index (κ1) is 21.2. The molecule has 4 aromatic rings. The molecule has 0 aliphatic heterocycles. The lowest BCUT2D eigenvalue weighted by molar-refractivity contribution is 0.249. The first-order valence-electron chi connectivity index (χ1n) is 10.4. The van der Waals surface area contributed by atoms with Gasteiger partial charge in [0.25, 0.3) is 0 Å². The molecule has 0 aliphatic carbocycles. The molecule has 0 fully saturated rings. The minimum absolute atomic E-state index is 0.0677. The Morgan fingerprint density at radius 2 is 1.88 bits per heavy atom. The Balaban J connectivity index is 1.38. The number of benzene rings is 2. The van der Waals surface area contributed by atoms with E-state index in [1.165, 1.54) is 9.08 Å². The van der Waals surface area contributed by atoms with Crippen LogP contribution in [0.15, 0.2) is 77.7 Å². The average Bonchev–Trinajstić information content (AvgIpc) is 3.09. The number of anilines is 1. The lowest BCUT2D eigenvalue weighted by Crippen LogP contribution is -2.37. The Morgan fingerprint density at radius 3 is 2.69 bits per heavy atom. The Bertz CT molecular complexity index is 1290. The molecule has 0 spiro atoms. The number of amides is 2. The van der Waals surface area contributed by atoms with Gasteiger partial charge in [0.15, 0.2) is 5.65 Å². The van der Waals surface area contributed by atoms with Crippen molar-refractivity contribution in [3.05, 3.63) is 94.5 Å². The fourth-order valence-electron chi connectivity index (χ4n) is 3.59. The number of pyridine rings is 1. The van der Waals surface area contributed by atoms with Crippen molar-refractivity contribution in [2.75, 3.05) is 12.4 Å². The smallest absolute Gasteiger partial charge is 0.350 e. The molecule has 0 saturated carbocycles. The summed E-state index contributed by atoms with van der Waals surface area (Å²) < 4.78 is 8.15. The van der Waals surface area contributed by atoms with Crippen molar-refractivity contribution in [1.82, 2.24) is 19.5 Å². The van der Waals surface area contributed by atoms with E-state index in [0.29, 0.717) is 24.3 Å². The molecule has 8 heteroatoms. The van der Waals surface area contributed by atoms with Crippen molar-refractivity contribution in [1.29, 1.82) is 0 Å². The van der Waals surface area contributed by atoms with Gasteiger partial charge in [0.05, 0.1) is 13.7 Å². The predicted octanol–water partition coefficient (Wildman–Crippen LogP) is 3.31. The SMILES string of the molecule is COc1cccc(CC(C)NC(=O)Nc2cccc(Cn3nc4ccccn4c3=O)c2)c1. The summed E-state index contributed by atoms with van der Waals surface area (Å²) in [6.45, 7) is 2.26. The van der Waals surface area contributed by atoms with Crippen LogP contribution < -0.4 is 21.1 Å². The molecule has 1 atom stereocenters. The standard InChI is InChI=1S/C24H25N5O3/c1-17(13-18-7-6-10-21(15-18)32-2)25-23(30)26-20-9-5-8-19(14-20)16-29-24(31)28-12-4-3-11-22(28)27-29/h3-12,14-15,17H,13,16H2,1-2H3,(H2,25,26,30). The number of urea groups is 1. The third-order valence-electron chi connectivity index (χ3n) is 5.06. The summed E-state index contributed by atoms with van der Waals surface area (Å²) in [6.07, 6.45) is 2.37. The maximum atomic E-state index is 12.5. The molecule has 32 heavy (non-hydrogen) atoms. The highest BCUT2D eigenvalue weighted by Crippen LogP contribution is 2.15. The Hall–Kier alpha value is -4.07. The molecule has 0 aliphatic rings. The molecule has 1 unspecified atom stereocenters. The molecule has 8 nitrogen and oxygen atoms in total. The lowest BCUT2D eigenvalue weighted by atomic mass is 10.1. The molecular weight excluding hydrogens is 406 g/mol. The van der Waals surface area contributed by atoms with Crippen molar-refractivity contribution < 1.29 is 9.53 Å². The van der Waals surface area contributed by atoms with Crippen LogP contribution in [0.3, 0.4) is 0 Å². The van der Waals surface area contributed by atoms with E-state index >= 15 is 0 Å². The summed E-state index contributed by atoms with van der Waals surface area (Å²) in [6, 6.07) is 20.2. The zero-order valence-corrected chi connectivity index (χ0v) is 18.0. The lowest BCUT2D eigenvalue weighted by Gasteiger charge is -2.15. The van der Waals surface area contributed by atoms with Crippen LogP contribution >= 0.6 is 0 Å². The summed E-state index contributed by atoms with van der Waals surface area (Å²) in [7, 11) is 1.63. The Labute approximate surface area is 185 Å². The van der Waals surface area contributed by atoms with E-state index in [0.717, 1.165) is 16.9 Å². The van der Waals surface area contributed by atoms with Crippen molar-refractivity contribution in [3.8, 4) is 5.75 Å². The van der Waals surface area contributed by atoms with Gasteiger partial charge in [0.2, 0.25) is 0 Å². The monoisotopic (exact) mass is 431 g/mol. The molecule has 0 saturated heterocycles. The van der Waals surface area contributed by atoms with Crippen molar-refractivity contribution in [3.63, 3.8) is 0 Å². The number of methoxy groups -OCH3 is 1. The number of carbonyl (C=O) groups is 1. The number of aromatic nitrogens is 3. The van der Waals surface area contributed by atoms with Gasteiger partial charge in [-0.15, -0.1) is 5.10 Å². The van der Waals surface area contributed by atoms with Crippen LogP contribution in [0.25, 0.3) is 5.65 Å². The third kappa shape index (κ3) is 4.97. The number of ether oxygens (including phenoxy) is 1. The van der Waals surface area contributed by atoms with Crippen LogP contribution in [0.4, 0.5) is 10.5 Å². The second kappa shape index (κ2) is 9.38. The molecule has 0 bridgehead atoms. The molecule has 2 heterocycles. The number of nitrogens with zero attached hydrogens (tertiary/aromatic N) is 3. The van der Waals surface area contributed by atoms with Crippen LogP contribution in [0.1, 0.15) is 18.1 Å². The second-order valence-electron chi connectivity index (χ2n) is 7.62. The van der Waals surface area contributed by atoms with Gasteiger partial charge in [-0.25, -0.2) is 14.3 Å². The topological polar surface area (TPSA) is 89.7 Å². The predicted molar refractivity (Wildman–Crippen MR) is 123 cm³/mol. The van der Waals surface area contributed by atoms with Crippen molar-refractivity contribution in [2.45, 2.75) is 25.9 Å². The molecule has 2 amide bonds. The maximum Gasteiger partial charge on any atom is 0.350 e. The number of fused-ring (bicyclic) bond motifs is 1. The quantitative estimate of drug-likeness (QED) is 0.470. The number of hydrogen-bond donors (Lipinski definition) is 2. The first-order chi connectivity index (χ1) is 15.5. The van der Waals surface area contributed by atoms with Crippen LogP contribution in [0, 0.1) is 0 Å². The van der Waals surface area contributed by atoms with E-state index in [2.05, 4.69) is 15.7 Å². The minimum atomic E-state index is -0.289. The minimum Gasteiger partial charge on any atom is -0.497 e. The van der Waals surface area contributed by atoms with Gasteiger partial charge in [-0.2, -0.15) is 0 Å². The highest BCUT2D eigenvalue weighted by molar-refractivity contribution is 5.89. The molecule has 2 aromatic heterocycles. The number of carbonyl (C=O) groups excluding carboxylic acids is 1. The fourth-order valence-corrected chi connectivity index (χ4v) is 3.59. The normalized spacial score (nSPS) is 11.8. The molecule has 164 valence electrons. The summed E-state index contributed by atoms with van der Waals surface area (Å²) in [5, 5.41) is 10.2. The third-order valence-corrected chi connectivity index (χ3v) is 5.06. The van der Waals surface area contributed by atoms with Gasteiger partial charge in [-0.05, 0) is 60.9 Å². The van der Waals surface area contributed by atoms with E-state index in [-0.39, 0.29) is 17.8 Å². The van der Waals surface area contributed by atoms with Crippen LogP contribution in [-0.2, 0) is 13.0 Å². The molecule has 2 N–H and O–H groups in total. The highest BCUT2D eigenvalue weighted by Gasteiger charge is 2.10. The number of nitrogens with one attached hydrogen (secondary N) is 2. The highest BCUT2D eigenvalue weighted by atomic mass is 16.5. The maximum absolute atomic E-state index is 12.5. The number of hydrogen-bond acceptors (Lipinski definition) is 4. The molecule has 0 radical (unpaired) electrons. The van der Waals surface area contributed by atoms with E-state index in [9.17, 15) is 9.59 Å². The summed E-state index contributed by atoms with van der Waals surface area (Å²) in [5.74, 6) is 0.792. The van der Waals surface area contributed by atoms with Crippen LogP contribution in [-0.4, -0.2) is 33.4 Å². The Morgan fingerprint density at radius 1 is 1.06 bits per heavy atom. The summed E-state index contributed by atoms with van der Waals surface area (Å²) in [5.41, 5.74) is 2.97. The molecular formula is C24H25N5O3. The van der Waals surface area contributed by atoms with E-state index in [1.807, 2.05) is 61.5 Å². The van der Waals surface area contributed by atoms with Gasteiger partial charge < -0.3 is 15.4 Å². The van der Waals surface area contributed by atoms with Gasteiger partial charge in [-0.1, -0.05) is 30.3 Å². The van der Waals surface area contributed by atoms with Gasteiger partial charge in [-0.3, -0.25) is 4.40 Å². The Kier molecular flexibility index (Phi) is 6.21.